The lowest BCUT2D eigenvalue weighted by Crippen LogP contribution is -2.00. The number of hydrogen-bond acceptors (Lipinski definition) is 5. The van der Waals surface area contributed by atoms with Gasteiger partial charge in [-0.05, 0) is 19.1 Å². The summed E-state index contributed by atoms with van der Waals surface area (Å²) in [7, 11) is 3.22. The third-order valence-corrected chi connectivity index (χ3v) is 4.56. The molecule has 140 valence electrons. The van der Waals surface area contributed by atoms with E-state index in [-0.39, 0.29) is 0 Å². The van der Waals surface area contributed by atoms with Crippen LogP contribution in [0.15, 0.2) is 48.7 Å². The molecule has 0 unspecified atom stereocenters. The molecule has 0 atom stereocenters. The third kappa shape index (κ3) is 2.91. The molecule has 4 rings (SSSR count). The van der Waals surface area contributed by atoms with Crippen LogP contribution in [0.5, 0.6) is 11.5 Å². The van der Waals surface area contributed by atoms with Crippen LogP contribution in [0.1, 0.15) is 11.1 Å². The van der Waals surface area contributed by atoms with E-state index < -0.39 is 0 Å². The number of nitrogens with one attached hydrogen (secondary N) is 2. The van der Waals surface area contributed by atoms with Gasteiger partial charge in [-0.25, -0.2) is 9.50 Å². The van der Waals surface area contributed by atoms with E-state index in [2.05, 4.69) is 16.5 Å². The van der Waals surface area contributed by atoms with E-state index in [1.165, 1.54) is 0 Å². The summed E-state index contributed by atoms with van der Waals surface area (Å²) in [5.74, 6) is 2.05. The van der Waals surface area contributed by atoms with E-state index in [1.807, 2.05) is 49.4 Å². The molecule has 0 amide bonds. The molecule has 0 aliphatic rings. The minimum atomic E-state index is 0.475. The first-order chi connectivity index (χ1) is 13.6. The predicted molar refractivity (Wildman–Crippen MR) is 107 cm³/mol. The summed E-state index contributed by atoms with van der Waals surface area (Å²) in [6, 6.07) is 15.8. The number of imidazole rings is 1. The Labute approximate surface area is 162 Å². The molecule has 0 saturated carbocycles. The predicted octanol–water partition coefficient (Wildman–Crippen LogP) is 4.27. The first kappa shape index (κ1) is 17.5. The highest BCUT2D eigenvalue weighted by Gasteiger charge is 2.19. The molecule has 0 radical (unpaired) electrons. The van der Waals surface area contributed by atoms with Crippen molar-refractivity contribution in [2.75, 3.05) is 19.5 Å². The molecule has 0 fully saturated rings. The van der Waals surface area contributed by atoms with Crippen LogP contribution in [0, 0.1) is 18.3 Å². The lowest BCUT2D eigenvalue weighted by Gasteiger charge is -2.13. The number of nitriles is 1. The zero-order chi connectivity index (χ0) is 19.7. The van der Waals surface area contributed by atoms with E-state index >= 15 is 0 Å². The average molecular weight is 373 g/mol. The Hall–Kier alpha value is -3.92. The number of H-pyrrole nitrogens is 1. The van der Waals surface area contributed by atoms with Gasteiger partial charge in [-0.15, -0.1) is 0 Å². The summed E-state index contributed by atoms with van der Waals surface area (Å²) in [6.45, 7) is 2.04. The van der Waals surface area contributed by atoms with Gasteiger partial charge in [-0.1, -0.05) is 29.8 Å². The number of methoxy groups -OCH3 is 2. The molecule has 2 heterocycles. The molecule has 2 aromatic heterocycles. The summed E-state index contributed by atoms with van der Waals surface area (Å²) in [6.07, 6.45) is 1.64. The molecule has 0 spiro atoms. The molecule has 7 nitrogen and oxygen atoms in total. The van der Waals surface area contributed by atoms with Gasteiger partial charge in [0.25, 0.3) is 0 Å². The zero-order valence-electron chi connectivity index (χ0n) is 15.8. The van der Waals surface area contributed by atoms with Crippen LogP contribution in [-0.4, -0.2) is 28.8 Å². The fourth-order valence-electron chi connectivity index (χ4n) is 3.06. The van der Waals surface area contributed by atoms with Crippen molar-refractivity contribution in [3.8, 4) is 28.8 Å². The van der Waals surface area contributed by atoms with Crippen molar-refractivity contribution in [3.63, 3.8) is 0 Å². The number of anilines is 2. The topological polar surface area (TPSA) is 87.4 Å². The molecule has 0 aliphatic carbocycles. The fraction of sp³-hybridized carbons (Fsp3) is 0.143. The molecular weight excluding hydrogens is 354 g/mol. The highest BCUT2D eigenvalue weighted by atomic mass is 16.5. The molecule has 7 heteroatoms. The van der Waals surface area contributed by atoms with Gasteiger partial charge in [0.05, 0.1) is 19.9 Å². The minimum Gasteiger partial charge on any atom is -0.497 e. The number of fused-ring (bicyclic) bond motifs is 1. The molecule has 2 N–H and O–H groups in total. The number of ether oxygens (including phenoxy) is 2. The van der Waals surface area contributed by atoms with E-state index in [1.54, 1.807) is 24.9 Å². The Morgan fingerprint density at radius 1 is 1.11 bits per heavy atom. The molecule has 0 aliphatic heterocycles. The van der Waals surface area contributed by atoms with Crippen LogP contribution in [0.3, 0.4) is 0 Å². The van der Waals surface area contributed by atoms with Crippen molar-refractivity contribution in [2.45, 2.75) is 6.92 Å². The van der Waals surface area contributed by atoms with Gasteiger partial charge < -0.3 is 14.8 Å². The second kappa shape index (κ2) is 7.00. The Bertz CT molecular complexity index is 1180. The van der Waals surface area contributed by atoms with Gasteiger partial charge in [0, 0.05) is 17.8 Å². The Morgan fingerprint density at radius 3 is 2.57 bits per heavy atom. The van der Waals surface area contributed by atoms with Gasteiger partial charge in [-0.3, -0.25) is 5.10 Å². The van der Waals surface area contributed by atoms with Crippen LogP contribution in [0.2, 0.25) is 0 Å². The molecule has 2 aromatic carbocycles. The molecule has 4 aromatic rings. The lowest BCUT2D eigenvalue weighted by atomic mass is 10.1. The molecule has 0 saturated heterocycles. The summed E-state index contributed by atoms with van der Waals surface area (Å²) in [5, 5.41) is 15.9. The van der Waals surface area contributed by atoms with Crippen molar-refractivity contribution in [1.29, 1.82) is 5.26 Å². The molecular formula is C21H19N5O2. The quantitative estimate of drug-likeness (QED) is 0.545. The normalized spacial score (nSPS) is 10.6. The van der Waals surface area contributed by atoms with Crippen LogP contribution < -0.4 is 14.8 Å². The number of benzene rings is 2. The van der Waals surface area contributed by atoms with Crippen LogP contribution in [-0.2, 0) is 0 Å². The Balaban J connectivity index is 1.88. The Kier molecular flexibility index (Phi) is 4.38. The van der Waals surface area contributed by atoms with Crippen molar-refractivity contribution < 1.29 is 9.47 Å². The van der Waals surface area contributed by atoms with Gasteiger partial charge in [0.15, 0.2) is 11.5 Å². The van der Waals surface area contributed by atoms with E-state index in [0.29, 0.717) is 28.5 Å². The first-order valence-corrected chi connectivity index (χ1v) is 8.70. The maximum atomic E-state index is 9.38. The van der Waals surface area contributed by atoms with Crippen molar-refractivity contribution >= 4 is 17.2 Å². The monoisotopic (exact) mass is 373 g/mol. The lowest BCUT2D eigenvalue weighted by molar-refractivity contribution is 0.395. The molecule has 28 heavy (non-hydrogen) atoms. The fourth-order valence-corrected chi connectivity index (χ4v) is 3.06. The van der Waals surface area contributed by atoms with Crippen molar-refractivity contribution in [1.82, 2.24) is 14.6 Å². The highest BCUT2D eigenvalue weighted by Crippen LogP contribution is 2.36. The van der Waals surface area contributed by atoms with Crippen LogP contribution >= 0.6 is 0 Å². The van der Waals surface area contributed by atoms with Crippen molar-refractivity contribution in [2.24, 2.45) is 0 Å². The third-order valence-electron chi connectivity index (χ3n) is 4.56. The standard InChI is InChI=1S/C21H19N5O2/c1-13-4-6-14(7-5-13)19-21(26-20(25-19)15(11-22)12-23-26)24-17-9-8-16(27-2)10-18(17)28-3/h4-10,12,23-24H,1-3H3. The first-order valence-electron chi connectivity index (χ1n) is 8.70. The largest absolute Gasteiger partial charge is 0.497 e. The second-order valence-electron chi connectivity index (χ2n) is 6.32. The maximum absolute atomic E-state index is 9.38. The van der Waals surface area contributed by atoms with Gasteiger partial charge in [-0.2, -0.15) is 5.26 Å². The number of nitrogens with zero attached hydrogens (tertiary/aromatic N) is 3. The summed E-state index contributed by atoms with van der Waals surface area (Å²) in [4.78, 5) is 4.71. The van der Waals surface area contributed by atoms with Gasteiger partial charge in [0.1, 0.15) is 28.8 Å². The number of aromatic nitrogens is 3. The number of aryl methyl sites for hydroxylation is 1. The summed E-state index contributed by atoms with van der Waals surface area (Å²) < 4.78 is 12.5. The summed E-state index contributed by atoms with van der Waals surface area (Å²) in [5.41, 5.74) is 4.64. The number of aromatic amines is 1. The smallest absolute Gasteiger partial charge is 0.173 e. The summed E-state index contributed by atoms with van der Waals surface area (Å²) >= 11 is 0. The highest BCUT2D eigenvalue weighted by molar-refractivity contribution is 5.82. The molecule has 0 bridgehead atoms. The van der Waals surface area contributed by atoms with E-state index in [9.17, 15) is 5.26 Å². The van der Waals surface area contributed by atoms with Crippen molar-refractivity contribution in [3.05, 3.63) is 59.8 Å². The minimum absolute atomic E-state index is 0.475. The van der Waals surface area contributed by atoms with E-state index in [0.717, 1.165) is 22.5 Å². The maximum Gasteiger partial charge on any atom is 0.173 e. The number of hydrogen-bond donors (Lipinski definition) is 2. The second-order valence-corrected chi connectivity index (χ2v) is 6.32. The van der Waals surface area contributed by atoms with E-state index in [4.69, 9.17) is 14.5 Å². The number of rotatable bonds is 5. The zero-order valence-corrected chi connectivity index (χ0v) is 15.8. The SMILES string of the molecule is COc1ccc(Nc2c(-c3ccc(C)cc3)nc3c(C#N)c[nH]n23)c(OC)c1. The average Bonchev–Trinajstić information content (AvgIpc) is 3.28. The van der Waals surface area contributed by atoms with Gasteiger partial charge >= 0.3 is 0 Å². The Morgan fingerprint density at radius 2 is 1.89 bits per heavy atom. The van der Waals surface area contributed by atoms with Crippen LogP contribution in [0.25, 0.3) is 16.9 Å². The van der Waals surface area contributed by atoms with Gasteiger partial charge in [0.2, 0.25) is 0 Å². The van der Waals surface area contributed by atoms with Crippen LogP contribution in [0.4, 0.5) is 11.5 Å².